The average Bonchev–Trinajstić information content (AvgIpc) is 2.05. The summed E-state index contributed by atoms with van der Waals surface area (Å²) in [6.45, 7) is 3.06. The van der Waals surface area contributed by atoms with Gasteiger partial charge in [-0.05, 0) is 5.92 Å². The molecule has 0 amide bonds. The second-order valence-electron chi connectivity index (χ2n) is 2.91. The predicted octanol–water partition coefficient (Wildman–Crippen LogP) is -1.16. The Labute approximate surface area is 71.9 Å². The smallest absolute Gasteiger partial charge is 0.129 e. The molecule has 0 saturated heterocycles. The van der Waals surface area contributed by atoms with Crippen molar-refractivity contribution in [3.05, 3.63) is 0 Å². The largest absolute Gasteiger partial charge is 0.393 e. The summed E-state index contributed by atoms with van der Waals surface area (Å²) >= 11 is 0. The van der Waals surface area contributed by atoms with Crippen LogP contribution in [0.3, 0.4) is 0 Å². The molecule has 0 aliphatic carbocycles. The SMILES string of the molecule is CC(C)C(O)NOC(CO)CO. The van der Waals surface area contributed by atoms with E-state index in [1.807, 2.05) is 13.8 Å². The maximum atomic E-state index is 9.17. The van der Waals surface area contributed by atoms with Crippen LogP contribution in [0.4, 0.5) is 0 Å². The molecule has 0 aromatic heterocycles. The number of aliphatic hydroxyl groups is 3. The van der Waals surface area contributed by atoms with E-state index in [1.165, 1.54) is 0 Å². The van der Waals surface area contributed by atoms with Gasteiger partial charge in [-0.2, -0.15) is 5.48 Å². The first-order chi connectivity index (χ1) is 5.61. The number of aliphatic hydroxyl groups excluding tert-OH is 3. The maximum absolute atomic E-state index is 9.17. The molecule has 4 N–H and O–H groups in total. The lowest BCUT2D eigenvalue weighted by Gasteiger charge is -2.19. The lowest BCUT2D eigenvalue weighted by atomic mass is 10.2. The van der Waals surface area contributed by atoms with Gasteiger partial charge in [-0.3, -0.25) is 4.84 Å². The Balaban J connectivity index is 3.51. The molecule has 0 rings (SSSR count). The van der Waals surface area contributed by atoms with E-state index in [4.69, 9.17) is 20.2 Å². The van der Waals surface area contributed by atoms with Gasteiger partial charge in [0.25, 0.3) is 0 Å². The van der Waals surface area contributed by atoms with Crippen molar-refractivity contribution in [3.63, 3.8) is 0 Å². The zero-order chi connectivity index (χ0) is 9.56. The Bertz CT molecular complexity index is 104. The second kappa shape index (κ2) is 6.33. The van der Waals surface area contributed by atoms with Crippen LogP contribution >= 0.6 is 0 Å². The Kier molecular flexibility index (Phi) is 6.23. The van der Waals surface area contributed by atoms with Crippen molar-refractivity contribution in [3.8, 4) is 0 Å². The fourth-order valence-electron chi connectivity index (χ4n) is 0.434. The number of rotatable bonds is 6. The van der Waals surface area contributed by atoms with Gasteiger partial charge in [0.2, 0.25) is 0 Å². The van der Waals surface area contributed by atoms with Gasteiger partial charge in [-0.25, -0.2) is 0 Å². The van der Waals surface area contributed by atoms with E-state index in [0.29, 0.717) is 0 Å². The maximum Gasteiger partial charge on any atom is 0.129 e. The summed E-state index contributed by atoms with van der Waals surface area (Å²) in [6, 6.07) is 0. The molecule has 0 radical (unpaired) electrons. The highest BCUT2D eigenvalue weighted by Crippen LogP contribution is 1.97. The fourth-order valence-corrected chi connectivity index (χ4v) is 0.434. The standard InChI is InChI=1S/C7H17NO4/c1-5(2)7(11)8-12-6(3-9)4-10/h5-11H,3-4H2,1-2H3. The zero-order valence-corrected chi connectivity index (χ0v) is 7.40. The minimum absolute atomic E-state index is 0.0167. The van der Waals surface area contributed by atoms with E-state index in [1.54, 1.807) is 0 Å². The Morgan fingerprint density at radius 2 is 1.75 bits per heavy atom. The molecule has 1 unspecified atom stereocenters. The lowest BCUT2D eigenvalue weighted by molar-refractivity contribution is -0.134. The number of hydroxylamine groups is 1. The normalized spacial score (nSPS) is 14.2. The summed E-state index contributed by atoms with van der Waals surface area (Å²) in [4.78, 5) is 4.76. The molecular weight excluding hydrogens is 162 g/mol. The average molecular weight is 179 g/mol. The molecule has 0 bridgehead atoms. The molecule has 0 spiro atoms. The van der Waals surface area contributed by atoms with Gasteiger partial charge in [0.15, 0.2) is 0 Å². The summed E-state index contributed by atoms with van der Waals surface area (Å²) in [7, 11) is 0. The molecule has 5 nitrogen and oxygen atoms in total. The second-order valence-corrected chi connectivity index (χ2v) is 2.91. The van der Waals surface area contributed by atoms with Gasteiger partial charge >= 0.3 is 0 Å². The van der Waals surface area contributed by atoms with Gasteiger partial charge in [-0.1, -0.05) is 13.8 Å². The minimum Gasteiger partial charge on any atom is -0.393 e. The number of hydrogen-bond donors (Lipinski definition) is 4. The van der Waals surface area contributed by atoms with Crippen LogP contribution in [0.5, 0.6) is 0 Å². The van der Waals surface area contributed by atoms with Crippen LogP contribution in [0, 0.1) is 5.92 Å². The van der Waals surface area contributed by atoms with Crippen LogP contribution in [0.15, 0.2) is 0 Å². The van der Waals surface area contributed by atoms with Crippen LogP contribution in [0.1, 0.15) is 13.8 Å². The number of nitrogens with one attached hydrogen (secondary N) is 1. The first-order valence-corrected chi connectivity index (χ1v) is 3.92. The fraction of sp³-hybridized carbons (Fsp3) is 1.00. The molecule has 5 heteroatoms. The van der Waals surface area contributed by atoms with Crippen molar-refractivity contribution in [2.45, 2.75) is 26.2 Å². The summed E-state index contributed by atoms with van der Waals surface area (Å²) in [5.41, 5.74) is 2.32. The molecule has 0 aromatic rings. The molecule has 12 heavy (non-hydrogen) atoms. The molecule has 0 aromatic carbocycles. The lowest BCUT2D eigenvalue weighted by Crippen LogP contribution is -2.39. The molecule has 0 saturated carbocycles. The van der Waals surface area contributed by atoms with Crippen molar-refractivity contribution in [2.75, 3.05) is 13.2 Å². The molecular formula is C7H17NO4. The van der Waals surface area contributed by atoms with Crippen molar-refractivity contribution in [1.82, 2.24) is 5.48 Å². The van der Waals surface area contributed by atoms with Crippen LogP contribution in [0.25, 0.3) is 0 Å². The topological polar surface area (TPSA) is 82.0 Å². The van der Waals surface area contributed by atoms with Crippen LogP contribution in [-0.2, 0) is 4.84 Å². The quantitative estimate of drug-likeness (QED) is 0.305. The molecule has 1 atom stereocenters. The molecule has 0 fully saturated rings. The van der Waals surface area contributed by atoms with E-state index < -0.39 is 12.3 Å². The van der Waals surface area contributed by atoms with E-state index in [9.17, 15) is 0 Å². The summed E-state index contributed by atoms with van der Waals surface area (Å²) in [5, 5.41) is 26.3. The van der Waals surface area contributed by atoms with E-state index >= 15 is 0 Å². The highest BCUT2D eigenvalue weighted by molar-refractivity contribution is 4.54. The Morgan fingerprint density at radius 1 is 1.25 bits per heavy atom. The van der Waals surface area contributed by atoms with Crippen LogP contribution < -0.4 is 5.48 Å². The van der Waals surface area contributed by atoms with Crippen LogP contribution in [0.2, 0.25) is 0 Å². The molecule has 0 aliphatic rings. The number of hydrogen-bond acceptors (Lipinski definition) is 5. The van der Waals surface area contributed by atoms with E-state index in [2.05, 4.69) is 5.48 Å². The summed E-state index contributed by atoms with van der Waals surface area (Å²) in [5.74, 6) is 0.0167. The van der Waals surface area contributed by atoms with E-state index in [0.717, 1.165) is 0 Å². The first-order valence-electron chi connectivity index (χ1n) is 3.92. The highest BCUT2D eigenvalue weighted by atomic mass is 16.7. The van der Waals surface area contributed by atoms with Crippen molar-refractivity contribution in [1.29, 1.82) is 0 Å². The monoisotopic (exact) mass is 179 g/mol. The van der Waals surface area contributed by atoms with Crippen LogP contribution in [-0.4, -0.2) is 40.9 Å². The third-order valence-electron chi connectivity index (χ3n) is 1.39. The van der Waals surface area contributed by atoms with Crippen molar-refractivity contribution < 1.29 is 20.2 Å². The van der Waals surface area contributed by atoms with Gasteiger partial charge in [-0.15, -0.1) is 0 Å². The van der Waals surface area contributed by atoms with Crippen molar-refractivity contribution >= 4 is 0 Å². The van der Waals surface area contributed by atoms with Gasteiger partial charge < -0.3 is 15.3 Å². The van der Waals surface area contributed by atoms with Gasteiger partial charge in [0, 0.05) is 0 Å². The molecule has 74 valence electrons. The third-order valence-corrected chi connectivity index (χ3v) is 1.39. The van der Waals surface area contributed by atoms with Gasteiger partial charge in [0.05, 0.1) is 13.2 Å². The van der Waals surface area contributed by atoms with E-state index in [-0.39, 0.29) is 19.1 Å². The zero-order valence-electron chi connectivity index (χ0n) is 7.40. The molecule has 0 heterocycles. The summed E-state index contributed by atoms with van der Waals surface area (Å²) < 4.78 is 0. The third kappa shape index (κ3) is 4.63. The Morgan fingerprint density at radius 3 is 2.08 bits per heavy atom. The Hall–Kier alpha value is -0.200. The minimum atomic E-state index is -0.786. The van der Waals surface area contributed by atoms with Crippen molar-refractivity contribution in [2.24, 2.45) is 5.92 Å². The summed E-state index contributed by atoms with van der Waals surface area (Å²) in [6.07, 6.45) is -1.47. The molecule has 0 aliphatic heterocycles. The predicted molar refractivity (Wildman–Crippen MR) is 43.0 cm³/mol. The first kappa shape index (κ1) is 11.8. The van der Waals surface area contributed by atoms with Gasteiger partial charge in [0.1, 0.15) is 12.3 Å². The highest BCUT2D eigenvalue weighted by Gasteiger charge is 2.12.